The molecule has 2 heterocycles. The van der Waals surface area contributed by atoms with E-state index < -0.39 is 0 Å². The summed E-state index contributed by atoms with van der Waals surface area (Å²) in [6, 6.07) is 54.6. The highest BCUT2D eigenvalue weighted by molar-refractivity contribution is 7.26. The molecule has 0 saturated heterocycles. The third-order valence-corrected chi connectivity index (χ3v) is 16.7. The van der Waals surface area contributed by atoms with Crippen molar-refractivity contribution in [2.24, 2.45) is 17.3 Å². The van der Waals surface area contributed by atoms with E-state index >= 15 is 0 Å². The number of allylic oxidation sites excluding steroid dienone is 8. The van der Waals surface area contributed by atoms with Crippen LogP contribution in [0.3, 0.4) is 0 Å². The van der Waals surface area contributed by atoms with Crippen LogP contribution in [0, 0.1) is 17.3 Å². The molecule has 0 radical (unpaired) electrons. The summed E-state index contributed by atoms with van der Waals surface area (Å²) in [7, 11) is 0. The Balaban J connectivity index is 1.10. The maximum absolute atomic E-state index is 2.68. The van der Waals surface area contributed by atoms with Gasteiger partial charge in [-0.05, 0) is 147 Å². The van der Waals surface area contributed by atoms with E-state index in [2.05, 4.69) is 213 Å². The number of thiophene rings is 2. The maximum atomic E-state index is 2.68. The van der Waals surface area contributed by atoms with Crippen LogP contribution < -0.4 is 9.80 Å². The Hall–Kier alpha value is -6.20. The van der Waals surface area contributed by atoms with Gasteiger partial charge in [-0.25, -0.2) is 0 Å². The molecule has 308 valence electrons. The van der Waals surface area contributed by atoms with Crippen LogP contribution in [0.4, 0.5) is 22.7 Å². The Kier molecular flexibility index (Phi) is 9.14. The summed E-state index contributed by atoms with van der Waals surface area (Å²) in [5, 5.41) is 5.33. The smallest absolute Gasteiger partial charge is 0.0632 e. The Bertz CT molecular complexity index is 3330. The molecule has 3 unspecified atom stereocenters. The minimum atomic E-state index is -0.251. The van der Waals surface area contributed by atoms with Gasteiger partial charge in [0.15, 0.2) is 0 Å². The zero-order chi connectivity index (χ0) is 42.4. The van der Waals surface area contributed by atoms with E-state index in [-0.39, 0.29) is 11.5 Å². The lowest BCUT2D eigenvalue weighted by atomic mass is 9.56. The van der Waals surface area contributed by atoms with Gasteiger partial charge in [0.1, 0.15) is 0 Å². The van der Waals surface area contributed by atoms with E-state index in [4.69, 9.17) is 0 Å². The largest absolute Gasteiger partial charge is 0.334 e. The first kappa shape index (κ1) is 38.5. The topological polar surface area (TPSA) is 6.48 Å². The number of anilines is 4. The summed E-state index contributed by atoms with van der Waals surface area (Å²) in [4.78, 5) is 5.31. The number of benzene rings is 6. The lowest BCUT2D eigenvalue weighted by Crippen LogP contribution is -2.46. The predicted octanol–water partition coefficient (Wildman–Crippen LogP) is 17.2. The molecule has 0 bridgehead atoms. The Morgan fingerprint density at radius 2 is 1.21 bits per heavy atom. The Labute approximate surface area is 378 Å². The molecular formula is C59H50N2S2. The highest BCUT2D eigenvalue weighted by Crippen LogP contribution is 2.61. The van der Waals surface area contributed by atoms with E-state index in [1.807, 2.05) is 22.7 Å². The van der Waals surface area contributed by atoms with Gasteiger partial charge in [-0.3, -0.25) is 0 Å². The first-order valence-electron chi connectivity index (χ1n) is 22.6. The zero-order valence-electron chi connectivity index (χ0n) is 36.3. The van der Waals surface area contributed by atoms with E-state index in [0.717, 1.165) is 19.3 Å². The van der Waals surface area contributed by atoms with Gasteiger partial charge in [0.2, 0.25) is 0 Å². The van der Waals surface area contributed by atoms with Gasteiger partial charge in [-0.2, -0.15) is 0 Å². The molecule has 6 aromatic carbocycles. The van der Waals surface area contributed by atoms with Gasteiger partial charge in [0.05, 0.1) is 6.04 Å². The number of rotatable bonds is 6. The molecule has 0 N–H and O–H groups in total. The summed E-state index contributed by atoms with van der Waals surface area (Å²) in [5.41, 5.74) is 14.8. The number of nitrogens with zero attached hydrogens (tertiary/aromatic N) is 2. The molecule has 2 nitrogen and oxygen atoms in total. The fourth-order valence-electron chi connectivity index (χ4n) is 11.8. The molecule has 4 atom stereocenters. The van der Waals surface area contributed by atoms with Gasteiger partial charge < -0.3 is 9.80 Å². The predicted molar refractivity (Wildman–Crippen MR) is 273 cm³/mol. The van der Waals surface area contributed by atoms with Crippen molar-refractivity contribution in [2.45, 2.75) is 53.0 Å². The van der Waals surface area contributed by atoms with Crippen LogP contribution in [0.1, 0.15) is 47.0 Å². The zero-order valence-corrected chi connectivity index (χ0v) is 37.9. The molecule has 0 saturated carbocycles. The van der Waals surface area contributed by atoms with Crippen LogP contribution in [0.25, 0.3) is 40.3 Å². The molecule has 0 amide bonds. The summed E-state index contributed by atoms with van der Waals surface area (Å²) < 4.78 is 5.34. The van der Waals surface area contributed by atoms with Crippen LogP contribution in [0.2, 0.25) is 0 Å². The average Bonchev–Trinajstić information content (AvgIpc) is 3.80. The van der Waals surface area contributed by atoms with Crippen molar-refractivity contribution >= 4 is 85.8 Å². The molecule has 0 aliphatic heterocycles. The van der Waals surface area contributed by atoms with Crippen LogP contribution in [0.5, 0.6) is 0 Å². The monoisotopic (exact) mass is 850 g/mol. The second-order valence-electron chi connectivity index (χ2n) is 18.3. The maximum Gasteiger partial charge on any atom is 0.0632 e. The summed E-state index contributed by atoms with van der Waals surface area (Å²) in [5.74, 6) is 0.618. The van der Waals surface area contributed by atoms with Crippen LogP contribution in [0.15, 0.2) is 215 Å². The van der Waals surface area contributed by atoms with E-state index in [1.54, 1.807) is 5.57 Å². The lowest BCUT2D eigenvalue weighted by molar-refractivity contribution is 0.288. The highest BCUT2D eigenvalue weighted by Gasteiger charge is 2.51. The molecule has 63 heavy (non-hydrogen) atoms. The number of hydrogen-bond donors (Lipinski definition) is 0. The van der Waals surface area contributed by atoms with Crippen molar-refractivity contribution in [1.29, 1.82) is 0 Å². The van der Waals surface area contributed by atoms with E-state index in [9.17, 15) is 0 Å². The number of para-hydroxylation sites is 2. The summed E-state index contributed by atoms with van der Waals surface area (Å²) in [6.07, 6.45) is 15.6. The quantitative estimate of drug-likeness (QED) is 0.154. The molecule has 4 aliphatic carbocycles. The fraction of sp³-hybridized carbons (Fsp3) is 0.186. The summed E-state index contributed by atoms with van der Waals surface area (Å²) in [6.45, 7) is 9.71. The Morgan fingerprint density at radius 3 is 1.89 bits per heavy atom. The lowest BCUT2D eigenvalue weighted by Gasteiger charge is -2.53. The minimum absolute atomic E-state index is 0.104. The standard InChI is InChI=1S/C59H50N2S2/c1-37-16-15-23-46-47(32-37)52(60(40-17-7-5-8-18-40)42-27-30-55-48(33-42)44-21-11-13-24-53(44)62-55)35-50-51-29-26-38(2)36-59(51,4)58(39(3)57(46)50)61(41-19-9-6-10-20-41)43-28-31-56-49(34-43)45-22-12-14-25-54(45)63-56/h5-25,27-28,30-34,36-37,51-52H,26,29,35H2,1-4H3/t37?,51?,52?,59-/m0/s1. The molecule has 8 aromatic rings. The molecule has 4 aliphatic rings. The fourth-order valence-corrected chi connectivity index (χ4v) is 14.0. The first-order chi connectivity index (χ1) is 30.8. The second kappa shape index (κ2) is 15.0. The van der Waals surface area contributed by atoms with Gasteiger partial charge in [-0.1, -0.05) is 121 Å². The Morgan fingerprint density at radius 1 is 0.619 bits per heavy atom. The molecule has 0 spiro atoms. The van der Waals surface area contributed by atoms with Crippen LogP contribution in [-0.2, 0) is 0 Å². The van der Waals surface area contributed by atoms with Gasteiger partial charge in [-0.15, -0.1) is 22.7 Å². The molecule has 0 fully saturated rings. The molecule has 2 aromatic heterocycles. The number of fused-ring (bicyclic) bond motifs is 10. The third kappa shape index (κ3) is 6.17. The van der Waals surface area contributed by atoms with Crippen LogP contribution >= 0.6 is 22.7 Å². The number of hydrogen-bond acceptors (Lipinski definition) is 4. The summed E-state index contributed by atoms with van der Waals surface area (Å²) >= 11 is 3.78. The van der Waals surface area contributed by atoms with Crippen molar-refractivity contribution in [3.05, 3.63) is 215 Å². The normalized spacial score (nSPS) is 22.1. The molecular weight excluding hydrogens is 801 g/mol. The molecule has 12 rings (SSSR count). The van der Waals surface area contributed by atoms with E-state index in [1.165, 1.54) is 96.7 Å². The van der Waals surface area contributed by atoms with Crippen molar-refractivity contribution in [2.75, 3.05) is 9.80 Å². The first-order valence-corrected chi connectivity index (χ1v) is 24.2. The average molecular weight is 851 g/mol. The second-order valence-corrected chi connectivity index (χ2v) is 20.5. The minimum Gasteiger partial charge on any atom is -0.334 e. The van der Waals surface area contributed by atoms with Crippen molar-refractivity contribution in [3.8, 4) is 0 Å². The van der Waals surface area contributed by atoms with Crippen molar-refractivity contribution < 1.29 is 0 Å². The van der Waals surface area contributed by atoms with Gasteiger partial charge >= 0.3 is 0 Å². The van der Waals surface area contributed by atoms with Gasteiger partial charge in [0.25, 0.3) is 0 Å². The highest BCUT2D eigenvalue weighted by atomic mass is 32.1. The van der Waals surface area contributed by atoms with E-state index in [0.29, 0.717) is 11.8 Å². The SMILES string of the molecule is CC1=C[C@]2(C)C(N(c3ccccc3)c3ccc4sc5ccccc5c4c3)=C(C)C3=C(CC(N(c4ccccc4)c4ccc5sc6ccccc6c5c4)C4=CC(C)C=CC=C43)C2CC1. The van der Waals surface area contributed by atoms with Crippen molar-refractivity contribution in [1.82, 2.24) is 0 Å². The molecule has 4 heteroatoms. The third-order valence-electron chi connectivity index (χ3n) is 14.4. The van der Waals surface area contributed by atoms with Crippen molar-refractivity contribution in [3.63, 3.8) is 0 Å². The van der Waals surface area contributed by atoms with Gasteiger partial charge in [0, 0.05) is 74.2 Å². The van der Waals surface area contributed by atoms with Crippen LogP contribution in [-0.4, -0.2) is 6.04 Å².